The molecule has 0 atom stereocenters. The number of rotatable bonds is 4. The lowest BCUT2D eigenvalue weighted by atomic mass is 10.2. The van der Waals surface area contributed by atoms with Crippen molar-refractivity contribution in [3.63, 3.8) is 0 Å². The molecule has 1 aromatic heterocycles. The minimum Gasteiger partial charge on any atom is -0.354 e. The van der Waals surface area contributed by atoms with Crippen molar-refractivity contribution in [3.8, 4) is 6.07 Å². The van der Waals surface area contributed by atoms with E-state index in [0.29, 0.717) is 16.9 Å². The maximum absolute atomic E-state index is 13.7. The van der Waals surface area contributed by atoms with Crippen molar-refractivity contribution in [3.05, 3.63) is 83.7 Å². The van der Waals surface area contributed by atoms with Gasteiger partial charge in [0.1, 0.15) is 17.3 Å². The molecular formula is C19H12F2N4O. The van der Waals surface area contributed by atoms with Crippen molar-refractivity contribution in [2.75, 3.05) is 10.6 Å². The topological polar surface area (TPSA) is 77.8 Å². The van der Waals surface area contributed by atoms with Gasteiger partial charge >= 0.3 is 0 Å². The van der Waals surface area contributed by atoms with Crippen LogP contribution in [0.1, 0.15) is 15.9 Å². The molecule has 26 heavy (non-hydrogen) atoms. The van der Waals surface area contributed by atoms with Crippen LogP contribution in [0.2, 0.25) is 0 Å². The number of nitrogens with one attached hydrogen (secondary N) is 2. The van der Waals surface area contributed by atoms with Crippen LogP contribution in [0.4, 0.5) is 25.8 Å². The summed E-state index contributed by atoms with van der Waals surface area (Å²) < 4.78 is 27.3. The van der Waals surface area contributed by atoms with Crippen LogP contribution < -0.4 is 10.6 Å². The van der Waals surface area contributed by atoms with Gasteiger partial charge in [-0.2, -0.15) is 5.26 Å². The number of carbonyl (C=O) groups excluding carboxylic acids is 1. The van der Waals surface area contributed by atoms with Crippen molar-refractivity contribution in [1.82, 2.24) is 4.98 Å². The van der Waals surface area contributed by atoms with E-state index >= 15 is 0 Å². The first kappa shape index (κ1) is 17.0. The molecular weight excluding hydrogens is 338 g/mol. The summed E-state index contributed by atoms with van der Waals surface area (Å²) in [5, 5.41) is 14.1. The summed E-state index contributed by atoms with van der Waals surface area (Å²) in [5.74, 6) is -2.43. The molecule has 0 fully saturated rings. The zero-order chi connectivity index (χ0) is 18.5. The molecule has 1 amide bonds. The number of nitriles is 1. The van der Waals surface area contributed by atoms with E-state index in [9.17, 15) is 13.6 Å². The molecule has 0 bridgehead atoms. The molecule has 5 nitrogen and oxygen atoms in total. The Bertz CT molecular complexity index is 994. The van der Waals surface area contributed by atoms with E-state index in [1.54, 1.807) is 24.3 Å². The SMILES string of the molecule is N#Cc1cccc(Nc2cncc(C(=O)Nc3c(F)cccc3F)c2)c1. The Kier molecular flexibility index (Phi) is 4.85. The van der Waals surface area contributed by atoms with E-state index in [1.165, 1.54) is 24.5 Å². The number of carbonyl (C=O) groups is 1. The lowest BCUT2D eigenvalue weighted by molar-refractivity contribution is 0.102. The van der Waals surface area contributed by atoms with Crippen LogP contribution in [0.15, 0.2) is 60.9 Å². The number of hydrogen-bond acceptors (Lipinski definition) is 4. The van der Waals surface area contributed by atoms with Crippen LogP contribution in [-0.2, 0) is 0 Å². The molecule has 0 saturated heterocycles. The highest BCUT2D eigenvalue weighted by Crippen LogP contribution is 2.21. The lowest BCUT2D eigenvalue weighted by Gasteiger charge is -2.10. The largest absolute Gasteiger partial charge is 0.354 e. The second-order valence-electron chi connectivity index (χ2n) is 5.33. The number of hydrogen-bond donors (Lipinski definition) is 2. The first-order valence-electron chi connectivity index (χ1n) is 7.54. The average molecular weight is 350 g/mol. The Balaban J connectivity index is 1.80. The molecule has 0 aliphatic rings. The third-order valence-corrected chi connectivity index (χ3v) is 3.48. The van der Waals surface area contributed by atoms with Gasteiger partial charge in [-0.15, -0.1) is 0 Å². The van der Waals surface area contributed by atoms with Gasteiger partial charge in [0.15, 0.2) is 0 Å². The molecule has 0 spiro atoms. The fourth-order valence-electron chi connectivity index (χ4n) is 2.27. The fraction of sp³-hybridized carbons (Fsp3) is 0. The molecule has 1 heterocycles. The second kappa shape index (κ2) is 7.40. The number of para-hydroxylation sites is 1. The molecule has 0 aliphatic heterocycles. The summed E-state index contributed by atoms with van der Waals surface area (Å²) in [6.07, 6.45) is 2.77. The number of amides is 1. The number of pyridine rings is 1. The zero-order valence-corrected chi connectivity index (χ0v) is 13.3. The second-order valence-corrected chi connectivity index (χ2v) is 5.33. The molecule has 0 aliphatic carbocycles. The van der Waals surface area contributed by atoms with E-state index in [4.69, 9.17) is 5.26 Å². The predicted molar refractivity (Wildman–Crippen MR) is 93.0 cm³/mol. The van der Waals surface area contributed by atoms with Crippen molar-refractivity contribution in [1.29, 1.82) is 5.26 Å². The quantitative estimate of drug-likeness (QED) is 0.738. The molecule has 2 N–H and O–H groups in total. The molecule has 0 saturated carbocycles. The first-order valence-corrected chi connectivity index (χ1v) is 7.54. The maximum Gasteiger partial charge on any atom is 0.257 e. The summed E-state index contributed by atoms with van der Waals surface area (Å²) in [4.78, 5) is 16.2. The van der Waals surface area contributed by atoms with Crippen molar-refractivity contribution < 1.29 is 13.6 Å². The Morgan fingerprint density at radius 1 is 1.00 bits per heavy atom. The minimum atomic E-state index is -0.867. The summed E-state index contributed by atoms with van der Waals surface area (Å²) in [6.45, 7) is 0. The van der Waals surface area contributed by atoms with Gasteiger partial charge in [0, 0.05) is 11.9 Å². The van der Waals surface area contributed by atoms with Gasteiger partial charge in [-0.3, -0.25) is 9.78 Å². The van der Waals surface area contributed by atoms with E-state index in [1.807, 2.05) is 6.07 Å². The van der Waals surface area contributed by atoms with Gasteiger partial charge in [0.2, 0.25) is 0 Å². The van der Waals surface area contributed by atoms with Crippen molar-refractivity contribution in [2.24, 2.45) is 0 Å². The highest BCUT2D eigenvalue weighted by Gasteiger charge is 2.14. The van der Waals surface area contributed by atoms with Crippen LogP contribution in [0.5, 0.6) is 0 Å². The standard InChI is InChI=1S/C19H12F2N4O/c20-16-5-2-6-17(21)18(16)25-19(26)13-8-15(11-23-10-13)24-14-4-1-3-12(7-14)9-22/h1-8,10-11,24H,(H,25,26). The highest BCUT2D eigenvalue weighted by atomic mass is 19.1. The maximum atomic E-state index is 13.7. The smallest absolute Gasteiger partial charge is 0.257 e. The first-order chi connectivity index (χ1) is 12.6. The molecule has 7 heteroatoms. The monoisotopic (exact) mass is 350 g/mol. The molecule has 3 aromatic rings. The van der Waals surface area contributed by atoms with E-state index in [-0.39, 0.29) is 5.56 Å². The lowest BCUT2D eigenvalue weighted by Crippen LogP contribution is -2.14. The third-order valence-electron chi connectivity index (χ3n) is 3.48. The summed E-state index contributed by atoms with van der Waals surface area (Å²) >= 11 is 0. The summed E-state index contributed by atoms with van der Waals surface area (Å²) in [5.41, 5.74) is 1.21. The number of halogens is 2. The predicted octanol–water partition coefficient (Wildman–Crippen LogP) is 4.23. The van der Waals surface area contributed by atoms with Gasteiger partial charge in [-0.1, -0.05) is 12.1 Å². The number of anilines is 3. The number of nitrogens with zero attached hydrogens (tertiary/aromatic N) is 2. The highest BCUT2D eigenvalue weighted by molar-refractivity contribution is 6.04. The summed E-state index contributed by atoms with van der Waals surface area (Å²) in [6, 6.07) is 13.6. The van der Waals surface area contributed by atoms with Crippen LogP contribution in [0.25, 0.3) is 0 Å². The van der Waals surface area contributed by atoms with Crippen molar-refractivity contribution in [2.45, 2.75) is 0 Å². The van der Waals surface area contributed by atoms with Crippen LogP contribution in [-0.4, -0.2) is 10.9 Å². The van der Waals surface area contributed by atoms with Crippen LogP contribution in [0.3, 0.4) is 0 Å². The van der Waals surface area contributed by atoms with E-state index in [2.05, 4.69) is 15.6 Å². The molecule has 2 aromatic carbocycles. The normalized spacial score (nSPS) is 10.0. The zero-order valence-electron chi connectivity index (χ0n) is 13.3. The molecule has 0 unspecified atom stereocenters. The Morgan fingerprint density at radius 2 is 1.73 bits per heavy atom. The van der Waals surface area contributed by atoms with Crippen molar-refractivity contribution >= 4 is 23.0 Å². The Labute approximate surface area is 147 Å². The Morgan fingerprint density at radius 3 is 2.46 bits per heavy atom. The van der Waals surface area contributed by atoms with Gasteiger partial charge in [0.25, 0.3) is 5.91 Å². The molecule has 128 valence electrons. The summed E-state index contributed by atoms with van der Waals surface area (Å²) in [7, 11) is 0. The van der Waals surface area contributed by atoms with Crippen LogP contribution in [0, 0.1) is 23.0 Å². The van der Waals surface area contributed by atoms with E-state index in [0.717, 1.165) is 12.1 Å². The van der Waals surface area contributed by atoms with Gasteiger partial charge in [-0.05, 0) is 36.4 Å². The third kappa shape index (κ3) is 3.82. The fourth-order valence-corrected chi connectivity index (χ4v) is 2.27. The van der Waals surface area contributed by atoms with Gasteiger partial charge < -0.3 is 10.6 Å². The molecule has 3 rings (SSSR count). The average Bonchev–Trinajstić information content (AvgIpc) is 2.65. The molecule has 0 radical (unpaired) electrons. The minimum absolute atomic E-state index is 0.120. The Hall–Kier alpha value is -3.79. The van der Waals surface area contributed by atoms with E-state index < -0.39 is 23.2 Å². The number of aromatic nitrogens is 1. The number of benzene rings is 2. The van der Waals surface area contributed by atoms with Gasteiger partial charge in [-0.25, -0.2) is 8.78 Å². The van der Waals surface area contributed by atoms with Crippen LogP contribution >= 0.6 is 0 Å². The van der Waals surface area contributed by atoms with Gasteiger partial charge in [0.05, 0.1) is 29.1 Å².